The van der Waals surface area contributed by atoms with Gasteiger partial charge in [0.05, 0.1) is 21.4 Å². The summed E-state index contributed by atoms with van der Waals surface area (Å²) in [7, 11) is 0. The maximum Gasteiger partial charge on any atom is 0.261 e. The van der Waals surface area contributed by atoms with Gasteiger partial charge in [0, 0.05) is 5.69 Å². The van der Waals surface area contributed by atoms with Crippen molar-refractivity contribution in [2.24, 2.45) is 0 Å². The van der Waals surface area contributed by atoms with Gasteiger partial charge in [0.25, 0.3) is 5.91 Å². The molecule has 0 unspecified atom stereocenters. The molecule has 1 amide bonds. The van der Waals surface area contributed by atoms with Gasteiger partial charge < -0.3 is 11.1 Å². The van der Waals surface area contributed by atoms with Gasteiger partial charge >= 0.3 is 0 Å². The number of fused-ring (bicyclic) bond motifs is 1. The van der Waals surface area contributed by atoms with Crippen molar-refractivity contribution < 1.29 is 13.6 Å². The third-order valence-corrected chi connectivity index (χ3v) is 3.73. The van der Waals surface area contributed by atoms with Crippen LogP contribution in [0.25, 0.3) is 10.2 Å². The highest BCUT2D eigenvalue weighted by atomic mass is 32.1. The van der Waals surface area contributed by atoms with Gasteiger partial charge in [-0.15, -0.1) is 11.3 Å². The molecule has 1 heterocycles. The van der Waals surface area contributed by atoms with Crippen molar-refractivity contribution in [2.75, 3.05) is 11.1 Å². The SMILES string of the molecule is Nc1ccc(F)c(C(=O)Nc2ccc3ncsc3c2)c1F. The van der Waals surface area contributed by atoms with Crippen LogP contribution in [-0.4, -0.2) is 10.9 Å². The van der Waals surface area contributed by atoms with Gasteiger partial charge in [-0.2, -0.15) is 0 Å². The molecule has 21 heavy (non-hydrogen) atoms. The van der Waals surface area contributed by atoms with E-state index in [9.17, 15) is 13.6 Å². The fourth-order valence-electron chi connectivity index (χ4n) is 1.90. The molecule has 0 saturated heterocycles. The van der Waals surface area contributed by atoms with Crippen molar-refractivity contribution in [2.45, 2.75) is 0 Å². The van der Waals surface area contributed by atoms with Crippen molar-refractivity contribution in [3.63, 3.8) is 0 Å². The minimum Gasteiger partial charge on any atom is -0.396 e. The molecular weight excluding hydrogens is 296 g/mol. The molecular formula is C14H9F2N3OS. The Kier molecular flexibility index (Phi) is 3.26. The number of thiazole rings is 1. The molecule has 0 bridgehead atoms. The summed E-state index contributed by atoms with van der Waals surface area (Å²) in [4.78, 5) is 16.1. The second-order valence-corrected chi connectivity index (χ2v) is 5.20. The molecule has 3 N–H and O–H groups in total. The molecule has 0 spiro atoms. The van der Waals surface area contributed by atoms with Crippen LogP contribution in [0.15, 0.2) is 35.8 Å². The van der Waals surface area contributed by atoms with E-state index in [2.05, 4.69) is 10.3 Å². The molecule has 2 aromatic carbocycles. The van der Waals surface area contributed by atoms with E-state index < -0.39 is 23.1 Å². The van der Waals surface area contributed by atoms with Gasteiger partial charge in [0.15, 0.2) is 5.82 Å². The summed E-state index contributed by atoms with van der Waals surface area (Å²) in [6, 6.07) is 7.05. The lowest BCUT2D eigenvalue weighted by Gasteiger charge is -2.08. The topological polar surface area (TPSA) is 68.0 Å². The highest BCUT2D eigenvalue weighted by Crippen LogP contribution is 2.24. The average Bonchev–Trinajstić information content (AvgIpc) is 2.91. The molecule has 0 saturated carbocycles. The smallest absolute Gasteiger partial charge is 0.261 e. The van der Waals surface area contributed by atoms with Gasteiger partial charge in [0.1, 0.15) is 11.4 Å². The van der Waals surface area contributed by atoms with Gasteiger partial charge in [0.2, 0.25) is 0 Å². The zero-order valence-electron chi connectivity index (χ0n) is 10.6. The van der Waals surface area contributed by atoms with E-state index in [0.717, 1.165) is 22.3 Å². The van der Waals surface area contributed by atoms with Crippen LogP contribution < -0.4 is 11.1 Å². The number of carbonyl (C=O) groups is 1. The Morgan fingerprint density at radius 2 is 2.05 bits per heavy atom. The summed E-state index contributed by atoms with van der Waals surface area (Å²) < 4.78 is 28.3. The number of amides is 1. The highest BCUT2D eigenvalue weighted by Gasteiger charge is 2.19. The predicted molar refractivity (Wildman–Crippen MR) is 78.3 cm³/mol. The largest absolute Gasteiger partial charge is 0.396 e. The number of rotatable bonds is 2. The molecule has 1 aromatic heterocycles. The Hall–Kier alpha value is -2.54. The van der Waals surface area contributed by atoms with Gasteiger partial charge in [-0.3, -0.25) is 4.79 Å². The second kappa shape index (κ2) is 5.10. The Bertz CT molecular complexity index is 847. The Morgan fingerprint density at radius 3 is 2.86 bits per heavy atom. The number of hydrogen-bond acceptors (Lipinski definition) is 4. The summed E-state index contributed by atoms with van der Waals surface area (Å²) in [6.07, 6.45) is 0. The maximum atomic E-state index is 13.8. The number of nitrogens with two attached hydrogens (primary N) is 1. The van der Waals surface area contributed by atoms with E-state index in [1.807, 2.05) is 0 Å². The van der Waals surface area contributed by atoms with Crippen LogP contribution in [0.2, 0.25) is 0 Å². The Morgan fingerprint density at radius 1 is 1.24 bits per heavy atom. The Balaban J connectivity index is 1.94. The van der Waals surface area contributed by atoms with Crippen molar-refractivity contribution in [1.29, 1.82) is 0 Å². The summed E-state index contributed by atoms with van der Waals surface area (Å²) in [5.74, 6) is -2.91. The molecule has 4 nitrogen and oxygen atoms in total. The third kappa shape index (κ3) is 2.43. The molecule has 0 fully saturated rings. The van der Waals surface area contributed by atoms with Crippen LogP contribution >= 0.6 is 11.3 Å². The fourth-order valence-corrected chi connectivity index (χ4v) is 2.62. The quantitative estimate of drug-likeness (QED) is 0.713. The molecule has 0 aliphatic carbocycles. The van der Waals surface area contributed by atoms with Gasteiger partial charge in [-0.05, 0) is 30.3 Å². The lowest BCUT2D eigenvalue weighted by atomic mass is 10.1. The van der Waals surface area contributed by atoms with E-state index in [-0.39, 0.29) is 5.69 Å². The second-order valence-electron chi connectivity index (χ2n) is 4.31. The number of nitrogens with one attached hydrogen (secondary N) is 1. The first-order valence-electron chi connectivity index (χ1n) is 5.94. The first kappa shape index (κ1) is 13.4. The lowest BCUT2D eigenvalue weighted by molar-refractivity contribution is 0.101. The summed E-state index contributed by atoms with van der Waals surface area (Å²) in [6.45, 7) is 0. The van der Waals surface area contributed by atoms with Crippen LogP contribution in [0.1, 0.15) is 10.4 Å². The van der Waals surface area contributed by atoms with Crippen LogP contribution in [0.5, 0.6) is 0 Å². The number of anilines is 2. The predicted octanol–water partition coefficient (Wildman–Crippen LogP) is 3.41. The van der Waals surface area contributed by atoms with E-state index in [1.165, 1.54) is 11.3 Å². The summed E-state index contributed by atoms with van der Waals surface area (Å²) >= 11 is 1.40. The Labute approximate surface area is 122 Å². The monoisotopic (exact) mass is 305 g/mol. The summed E-state index contributed by atoms with van der Waals surface area (Å²) in [5.41, 5.74) is 7.27. The van der Waals surface area contributed by atoms with E-state index >= 15 is 0 Å². The average molecular weight is 305 g/mol. The maximum absolute atomic E-state index is 13.8. The zero-order chi connectivity index (χ0) is 15.0. The molecule has 7 heteroatoms. The molecule has 0 atom stereocenters. The van der Waals surface area contributed by atoms with Crippen molar-refractivity contribution in [3.05, 3.63) is 53.0 Å². The minimum absolute atomic E-state index is 0.278. The first-order chi connectivity index (χ1) is 10.1. The van der Waals surface area contributed by atoms with Crippen molar-refractivity contribution >= 4 is 38.8 Å². The van der Waals surface area contributed by atoms with Crippen LogP contribution in [0, 0.1) is 11.6 Å². The lowest BCUT2D eigenvalue weighted by Crippen LogP contribution is -2.16. The highest BCUT2D eigenvalue weighted by molar-refractivity contribution is 7.16. The molecule has 3 aromatic rings. The zero-order valence-corrected chi connectivity index (χ0v) is 11.4. The number of benzene rings is 2. The van der Waals surface area contributed by atoms with Gasteiger partial charge in [-0.1, -0.05) is 0 Å². The van der Waals surface area contributed by atoms with E-state index in [0.29, 0.717) is 5.69 Å². The number of nitrogens with zero attached hydrogens (tertiary/aromatic N) is 1. The van der Waals surface area contributed by atoms with Crippen LogP contribution in [-0.2, 0) is 0 Å². The van der Waals surface area contributed by atoms with Crippen LogP contribution in [0.4, 0.5) is 20.2 Å². The van der Waals surface area contributed by atoms with Crippen LogP contribution in [0.3, 0.4) is 0 Å². The molecule has 0 aliphatic rings. The standard InChI is InChI=1S/C14H9F2N3OS/c15-8-2-3-9(17)13(16)12(8)14(20)19-7-1-4-10-11(5-7)21-6-18-10/h1-6H,17H2,(H,19,20). The number of halogens is 2. The minimum atomic E-state index is -1.06. The number of hydrogen-bond donors (Lipinski definition) is 2. The normalized spacial score (nSPS) is 10.8. The van der Waals surface area contributed by atoms with Crippen molar-refractivity contribution in [3.8, 4) is 0 Å². The molecule has 0 aliphatic heterocycles. The first-order valence-corrected chi connectivity index (χ1v) is 6.82. The molecule has 106 valence electrons. The van der Waals surface area contributed by atoms with E-state index in [1.54, 1.807) is 23.7 Å². The summed E-state index contributed by atoms with van der Waals surface area (Å²) in [5, 5.41) is 2.45. The van der Waals surface area contributed by atoms with Gasteiger partial charge in [-0.25, -0.2) is 13.8 Å². The molecule has 0 radical (unpaired) electrons. The third-order valence-electron chi connectivity index (χ3n) is 2.94. The number of carbonyl (C=O) groups excluding carboxylic acids is 1. The van der Waals surface area contributed by atoms with Crippen molar-refractivity contribution in [1.82, 2.24) is 4.98 Å². The fraction of sp³-hybridized carbons (Fsp3) is 0. The number of nitrogen functional groups attached to an aromatic ring is 1. The number of aromatic nitrogens is 1. The van der Waals surface area contributed by atoms with E-state index in [4.69, 9.17) is 5.73 Å². The molecule has 3 rings (SSSR count).